The molecule has 5 heterocycles. The second kappa shape index (κ2) is 15.0. The van der Waals surface area contributed by atoms with Crippen LogP contribution in [0.1, 0.15) is 68.6 Å². The number of piperazine rings is 1. The smallest absolute Gasteiger partial charge is 0.410 e. The fraction of sp³-hybridized carbons (Fsp3) is 0.559. The summed E-state index contributed by atoms with van der Waals surface area (Å²) in [5, 5.41) is 2.93. The Bertz CT molecular complexity index is 1540. The third kappa shape index (κ3) is 9.03. The lowest BCUT2D eigenvalue weighted by atomic mass is 10.1. The van der Waals surface area contributed by atoms with Crippen molar-refractivity contribution in [2.45, 2.75) is 71.6 Å². The Morgan fingerprint density at radius 3 is 2.46 bits per heavy atom. The largest absolute Gasteiger partial charge is 0.444 e. The normalized spacial score (nSPS) is 16.5. The first kappa shape index (κ1) is 33.3. The molecule has 46 heavy (non-hydrogen) atoms. The Morgan fingerprint density at radius 1 is 1.02 bits per heavy atom. The van der Waals surface area contributed by atoms with Crippen molar-refractivity contribution in [3.63, 3.8) is 0 Å². The van der Waals surface area contributed by atoms with Gasteiger partial charge in [-0.1, -0.05) is 6.92 Å². The number of aryl methyl sites for hydroxylation is 1. The molecule has 0 spiro atoms. The number of piperidine rings is 1. The molecule has 2 aliphatic heterocycles. The summed E-state index contributed by atoms with van der Waals surface area (Å²) in [7, 11) is 0. The molecule has 5 rings (SSSR count). The van der Waals surface area contributed by atoms with Crippen molar-refractivity contribution in [2.75, 3.05) is 57.3 Å². The predicted molar refractivity (Wildman–Crippen MR) is 177 cm³/mol. The lowest BCUT2D eigenvalue weighted by Crippen LogP contribution is -2.46. The number of aromatic amines is 1. The number of carbonyl (C=O) groups is 2. The lowest BCUT2D eigenvalue weighted by Gasteiger charge is -2.36. The van der Waals surface area contributed by atoms with Gasteiger partial charge in [-0.25, -0.2) is 9.78 Å². The minimum Gasteiger partial charge on any atom is -0.444 e. The standard InChI is InChI=1S/C34H47N7O5/c1-5-25-20-29-30(38-31(25)42)19-24(21-36-29)23-39-14-16-40(17-15-39)26-7-8-28(37-22-26)32(43)35-11-6-18-45-27-9-12-41(13-10-27)33(44)46-34(2,3)4/h7-8,19-22,27H,5-6,9-18,23H2,1-4H3,(H,35,43)(H,38,42). The summed E-state index contributed by atoms with van der Waals surface area (Å²) in [5.41, 5.74) is 4.27. The van der Waals surface area contributed by atoms with Crippen LogP contribution >= 0.6 is 0 Å². The minimum atomic E-state index is -0.494. The van der Waals surface area contributed by atoms with E-state index in [9.17, 15) is 14.4 Å². The van der Waals surface area contributed by atoms with Crippen molar-refractivity contribution in [3.05, 3.63) is 63.8 Å². The molecule has 0 atom stereocenters. The molecule has 0 aromatic carbocycles. The van der Waals surface area contributed by atoms with Crippen molar-refractivity contribution in [1.82, 2.24) is 30.1 Å². The fourth-order valence-electron chi connectivity index (χ4n) is 5.79. The van der Waals surface area contributed by atoms with Gasteiger partial charge in [0.25, 0.3) is 11.5 Å². The van der Waals surface area contributed by atoms with Crippen LogP contribution in [0.25, 0.3) is 11.0 Å². The lowest BCUT2D eigenvalue weighted by molar-refractivity contribution is -0.0116. The second-order valence-corrected chi connectivity index (χ2v) is 13.1. The number of nitrogens with one attached hydrogen (secondary N) is 2. The monoisotopic (exact) mass is 633 g/mol. The van der Waals surface area contributed by atoms with Gasteiger partial charge in [0.15, 0.2) is 0 Å². The van der Waals surface area contributed by atoms with Crippen LogP contribution in [0.2, 0.25) is 0 Å². The molecule has 0 aliphatic carbocycles. The highest BCUT2D eigenvalue weighted by Crippen LogP contribution is 2.19. The number of pyridine rings is 3. The van der Waals surface area contributed by atoms with Crippen LogP contribution in [0.4, 0.5) is 10.5 Å². The third-order valence-electron chi connectivity index (χ3n) is 8.38. The van der Waals surface area contributed by atoms with Gasteiger partial charge in [-0.3, -0.25) is 19.5 Å². The maximum absolute atomic E-state index is 12.6. The highest BCUT2D eigenvalue weighted by atomic mass is 16.6. The summed E-state index contributed by atoms with van der Waals surface area (Å²) < 4.78 is 11.4. The first-order valence-corrected chi connectivity index (χ1v) is 16.4. The fourth-order valence-corrected chi connectivity index (χ4v) is 5.79. The molecule has 12 heteroatoms. The number of ether oxygens (including phenoxy) is 2. The molecule has 12 nitrogen and oxygen atoms in total. The zero-order valence-electron chi connectivity index (χ0n) is 27.5. The topological polar surface area (TPSA) is 133 Å². The van der Waals surface area contributed by atoms with E-state index in [1.165, 1.54) is 0 Å². The molecule has 0 unspecified atom stereocenters. The van der Waals surface area contributed by atoms with Gasteiger partial charge in [0, 0.05) is 70.7 Å². The number of hydrogen-bond acceptors (Lipinski definition) is 9. The molecule has 0 saturated carbocycles. The zero-order chi connectivity index (χ0) is 32.7. The Hall–Kier alpha value is -4.03. The van der Waals surface area contributed by atoms with Crippen LogP contribution in [0.5, 0.6) is 0 Å². The summed E-state index contributed by atoms with van der Waals surface area (Å²) in [5.74, 6) is -0.196. The Labute approximate surface area is 270 Å². The number of H-pyrrole nitrogens is 1. The third-order valence-corrected chi connectivity index (χ3v) is 8.38. The van der Waals surface area contributed by atoms with Crippen LogP contribution in [-0.4, -0.2) is 101 Å². The number of aromatic nitrogens is 3. The predicted octanol–water partition coefficient (Wildman–Crippen LogP) is 3.74. The van der Waals surface area contributed by atoms with Crippen molar-refractivity contribution in [2.24, 2.45) is 0 Å². The van der Waals surface area contributed by atoms with Crippen LogP contribution in [-0.2, 0) is 22.4 Å². The number of carbonyl (C=O) groups excluding carboxylic acids is 2. The number of rotatable bonds is 10. The highest BCUT2D eigenvalue weighted by molar-refractivity contribution is 5.92. The number of amides is 2. The number of likely N-dealkylation sites (tertiary alicyclic amines) is 1. The SMILES string of the molecule is CCc1cc2ncc(CN3CCN(c4ccc(C(=O)NCCCOC5CCN(C(=O)OC(C)(C)C)CC5)nc4)CC3)cc2[nH]c1=O. The first-order chi connectivity index (χ1) is 22.1. The van der Waals surface area contributed by atoms with E-state index < -0.39 is 5.60 Å². The van der Waals surface area contributed by atoms with Gasteiger partial charge in [0.05, 0.1) is 29.0 Å². The Morgan fingerprint density at radius 2 is 1.78 bits per heavy atom. The summed E-state index contributed by atoms with van der Waals surface area (Å²) in [4.78, 5) is 55.4. The molecule has 248 valence electrons. The van der Waals surface area contributed by atoms with Crippen LogP contribution in [0, 0.1) is 0 Å². The van der Waals surface area contributed by atoms with Crippen molar-refractivity contribution in [1.29, 1.82) is 0 Å². The van der Waals surface area contributed by atoms with E-state index in [1.807, 2.05) is 52.1 Å². The number of fused-ring (bicyclic) bond motifs is 1. The molecular weight excluding hydrogens is 586 g/mol. The van der Waals surface area contributed by atoms with Gasteiger partial charge in [-0.15, -0.1) is 0 Å². The van der Waals surface area contributed by atoms with Crippen LogP contribution in [0.3, 0.4) is 0 Å². The zero-order valence-corrected chi connectivity index (χ0v) is 27.5. The Kier molecular flexibility index (Phi) is 10.9. The van der Waals surface area contributed by atoms with Gasteiger partial charge in [-0.2, -0.15) is 0 Å². The molecule has 3 aromatic rings. The van der Waals surface area contributed by atoms with E-state index >= 15 is 0 Å². The summed E-state index contributed by atoms with van der Waals surface area (Å²) >= 11 is 0. The maximum Gasteiger partial charge on any atom is 0.410 e. The van der Waals surface area contributed by atoms with E-state index in [-0.39, 0.29) is 23.7 Å². The summed E-state index contributed by atoms with van der Waals surface area (Å²) in [6, 6.07) is 7.63. The van der Waals surface area contributed by atoms with Gasteiger partial charge >= 0.3 is 6.09 Å². The Balaban J connectivity index is 0.983. The minimum absolute atomic E-state index is 0.0454. The number of hydrogen-bond donors (Lipinski definition) is 2. The molecule has 2 amide bonds. The van der Waals surface area contributed by atoms with E-state index in [2.05, 4.69) is 30.1 Å². The molecule has 0 radical (unpaired) electrons. The van der Waals surface area contributed by atoms with E-state index in [0.29, 0.717) is 44.8 Å². The molecule has 2 saturated heterocycles. The second-order valence-electron chi connectivity index (χ2n) is 13.1. The molecule has 2 fully saturated rings. The quantitative estimate of drug-likeness (QED) is 0.321. The average Bonchev–Trinajstić information content (AvgIpc) is 3.04. The van der Waals surface area contributed by atoms with Gasteiger partial charge in [0.1, 0.15) is 11.3 Å². The average molecular weight is 634 g/mol. The summed E-state index contributed by atoms with van der Waals surface area (Å²) in [6.07, 6.45) is 6.45. The van der Waals surface area contributed by atoms with E-state index in [4.69, 9.17) is 9.47 Å². The van der Waals surface area contributed by atoms with Crippen molar-refractivity contribution >= 4 is 28.7 Å². The van der Waals surface area contributed by atoms with Crippen LogP contribution < -0.4 is 15.8 Å². The number of nitrogens with zero attached hydrogens (tertiary/aromatic N) is 5. The van der Waals surface area contributed by atoms with Crippen molar-refractivity contribution in [3.8, 4) is 0 Å². The molecular formula is C34H47N7O5. The summed E-state index contributed by atoms with van der Waals surface area (Å²) in [6.45, 7) is 14.1. The van der Waals surface area contributed by atoms with E-state index in [0.717, 1.165) is 73.4 Å². The first-order valence-electron chi connectivity index (χ1n) is 16.4. The molecule has 2 aliphatic rings. The van der Waals surface area contributed by atoms with Crippen molar-refractivity contribution < 1.29 is 19.1 Å². The molecule has 3 aromatic heterocycles. The van der Waals surface area contributed by atoms with Gasteiger partial charge in [0.2, 0.25) is 0 Å². The van der Waals surface area contributed by atoms with Gasteiger partial charge in [-0.05, 0) is 76.3 Å². The van der Waals surface area contributed by atoms with Crippen LogP contribution in [0.15, 0.2) is 41.5 Å². The van der Waals surface area contributed by atoms with E-state index in [1.54, 1.807) is 17.2 Å². The molecule has 2 N–H and O–H groups in total. The number of anilines is 1. The highest BCUT2D eigenvalue weighted by Gasteiger charge is 2.27. The van der Waals surface area contributed by atoms with Gasteiger partial charge < -0.3 is 29.6 Å². The molecule has 0 bridgehead atoms. The maximum atomic E-state index is 12.6.